The molecule has 0 spiro atoms. The summed E-state index contributed by atoms with van der Waals surface area (Å²) in [7, 11) is 1.66. The van der Waals surface area contributed by atoms with Crippen molar-refractivity contribution < 1.29 is 4.74 Å². The van der Waals surface area contributed by atoms with Crippen molar-refractivity contribution in [3.63, 3.8) is 0 Å². The van der Waals surface area contributed by atoms with Gasteiger partial charge in [0.2, 0.25) is 0 Å². The highest BCUT2D eigenvalue weighted by Crippen LogP contribution is 2.34. The largest absolute Gasteiger partial charge is 0.497 e. The lowest BCUT2D eigenvalue weighted by Crippen LogP contribution is -1.85. The van der Waals surface area contributed by atoms with Gasteiger partial charge in [0.15, 0.2) is 0 Å². The van der Waals surface area contributed by atoms with Gasteiger partial charge in [-0.1, -0.05) is 15.9 Å². The number of halogens is 1. The first kappa shape index (κ1) is 12.4. The third kappa shape index (κ3) is 2.43. The average molecular weight is 335 g/mol. The SMILES string of the molecule is COc1ccc2nc(-c3cc(N)cc(Br)c3)sc2c1. The van der Waals surface area contributed by atoms with Crippen LogP contribution in [0.2, 0.25) is 0 Å². The molecule has 1 heterocycles. The molecule has 0 saturated carbocycles. The number of rotatable bonds is 2. The molecule has 2 N–H and O–H groups in total. The number of hydrogen-bond acceptors (Lipinski definition) is 4. The van der Waals surface area contributed by atoms with E-state index in [9.17, 15) is 0 Å². The number of aromatic nitrogens is 1. The number of nitrogens with two attached hydrogens (primary N) is 1. The van der Waals surface area contributed by atoms with Crippen molar-refractivity contribution in [2.24, 2.45) is 0 Å². The van der Waals surface area contributed by atoms with Gasteiger partial charge in [0.05, 0.1) is 17.3 Å². The van der Waals surface area contributed by atoms with Gasteiger partial charge in [-0.2, -0.15) is 0 Å². The second kappa shape index (κ2) is 4.83. The zero-order chi connectivity index (χ0) is 13.4. The third-order valence-electron chi connectivity index (χ3n) is 2.76. The Hall–Kier alpha value is -1.59. The predicted molar refractivity (Wildman–Crippen MR) is 83.7 cm³/mol. The summed E-state index contributed by atoms with van der Waals surface area (Å²) in [4.78, 5) is 4.63. The quantitative estimate of drug-likeness (QED) is 0.710. The molecule has 3 rings (SSSR count). The molecule has 3 aromatic rings. The minimum atomic E-state index is 0.723. The van der Waals surface area contributed by atoms with E-state index in [1.54, 1.807) is 18.4 Å². The number of ether oxygens (including phenoxy) is 1. The van der Waals surface area contributed by atoms with E-state index in [0.717, 1.165) is 36.7 Å². The van der Waals surface area contributed by atoms with Crippen LogP contribution in [0.25, 0.3) is 20.8 Å². The van der Waals surface area contributed by atoms with Gasteiger partial charge in [-0.15, -0.1) is 11.3 Å². The molecule has 0 radical (unpaired) electrons. The third-order valence-corrected chi connectivity index (χ3v) is 4.29. The van der Waals surface area contributed by atoms with E-state index in [0.29, 0.717) is 0 Å². The Kier molecular flexibility index (Phi) is 3.16. The van der Waals surface area contributed by atoms with Crippen molar-refractivity contribution in [1.82, 2.24) is 4.98 Å². The highest BCUT2D eigenvalue weighted by Gasteiger charge is 2.08. The summed E-state index contributed by atoms with van der Waals surface area (Å²) in [5.74, 6) is 0.844. The number of hydrogen-bond donors (Lipinski definition) is 1. The van der Waals surface area contributed by atoms with Crippen LogP contribution in [0.1, 0.15) is 0 Å². The number of anilines is 1. The molecule has 0 aliphatic rings. The average Bonchev–Trinajstić information content (AvgIpc) is 2.80. The van der Waals surface area contributed by atoms with Crippen LogP contribution in [0.5, 0.6) is 5.75 Å². The normalized spacial score (nSPS) is 10.8. The second-order valence-electron chi connectivity index (χ2n) is 4.13. The molecule has 19 heavy (non-hydrogen) atoms. The molecule has 1 aromatic heterocycles. The Morgan fingerprint density at radius 1 is 1.21 bits per heavy atom. The van der Waals surface area contributed by atoms with Gasteiger partial charge >= 0.3 is 0 Å². The van der Waals surface area contributed by atoms with E-state index >= 15 is 0 Å². The van der Waals surface area contributed by atoms with E-state index < -0.39 is 0 Å². The van der Waals surface area contributed by atoms with Gasteiger partial charge in [0, 0.05) is 15.7 Å². The van der Waals surface area contributed by atoms with Crippen LogP contribution < -0.4 is 10.5 Å². The Morgan fingerprint density at radius 2 is 2.05 bits per heavy atom. The first-order valence-corrected chi connectivity index (χ1v) is 7.28. The zero-order valence-electron chi connectivity index (χ0n) is 10.2. The highest BCUT2D eigenvalue weighted by molar-refractivity contribution is 9.10. The van der Waals surface area contributed by atoms with Crippen LogP contribution in [0, 0.1) is 0 Å². The van der Waals surface area contributed by atoms with Crippen molar-refractivity contribution in [3.05, 3.63) is 40.9 Å². The standard InChI is InChI=1S/C14H11BrN2OS/c1-18-11-2-3-12-13(7-11)19-14(17-12)8-4-9(15)6-10(16)5-8/h2-7H,16H2,1H3. The first-order valence-electron chi connectivity index (χ1n) is 5.67. The Morgan fingerprint density at radius 3 is 2.79 bits per heavy atom. The van der Waals surface area contributed by atoms with Crippen LogP contribution >= 0.6 is 27.3 Å². The molecule has 0 fully saturated rings. The molecule has 2 aromatic carbocycles. The van der Waals surface area contributed by atoms with Gasteiger partial charge in [0.1, 0.15) is 10.8 Å². The highest BCUT2D eigenvalue weighted by atomic mass is 79.9. The number of nitrogen functional groups attached to an aromatic ring is 1. The molecule has 0 atom stereocenters. The van der Waals surface area contributed by atoms with Crippen molar-refractivity contribution >= 4 is 43.2 Å². The van der Waals surface area contributed by atoms with Crippen LogP contribution in [0.15, 0.2) is 40.9 Å². The van der Waals surface area contributed by atoms with Crippen LogP contribution in [-0.2, 0) is 0 Å². The summed E-state index contributed by atoms with van der Waals surface area (Å²) < 4.78 is 7.29. The molecule has 0 saturated heterocycles. The summed E-state index contributed by atoms with van der Waals surface area (Å²) in [5, 5.41) is 0.955. The summed E-state index contributed by atoms with van der Waals surface area (Å²) >= 11 is 5.08. The molecule has 5 heteroatoms. The lowest BCUT2D eigenvalue weighted by atomic mass is 10.2. The van der Waals surface area contributed by atoms with E-state index in [-0.39, 0.29) is 0 Å². The Labute approximate surface area is 123 Å². The molecule has 96 valence electrons. The lowest BCUT2D eigenvalue weighted by molar-refractivity contribution is 0.415. The van der Waals surface area contributed by atoms with Gasteiger partial charge in [-0.25, -0.2) is 4.98 Å². The molecule has 0 aliphatic carbocycles. The van der Waals surface area contributed by atoms with Crippen molar-refractivity contribution in [1.29, 1.82) is 0 Å². The van der Waals surface area contributed by atoms with Gasteiger partial charge in [0.25, 0.3) is 0 Å². The Balaban J connectivity index is 2.14. The maximum atomic E-state index is 5.86. The van der Waals surface area contributed by atoms with E-state index in [2.05, 4.69) is 20.9 Å². The smallest absolute Gasteiger partial charge is 0.124 e. The predicted octanol–water partition coefficient (Wildman–Crippen LogP) is 4.32. The molecular formula is C14H11BrN2OS. The topological polar surface area (TPSA) is 48.1 Å². The van der Waals surface area contributed by atoms with Gasteiger partial charge < -0.3 is 10.5 Å². The summed E-state index contributed by atoms with van der Waals surface area (Å²) in [6.07, 6.45) is 0. The minimum absolute atomic E-state index is 0.723. The van der Waals surface area contributed by atoms with Crippen molar-refractivity contribution in [2.75, 3.05) is 12.8 Å². The molecule has 0 aliphatic heterocycles. The fraction of sp³-hybridized carbons (Fsp3) is 0.0714. The van der Waals surface area contributed by atoms with Crippen LogP contribution in [-0.4, -0.2) is 12.1 Å². The first-order chi connectivity index (χ1) is 9.15. The number of thiazole rings is 1. The van der Waals surface area contributed by atoms with Crippen LogP contribution in [0.4, 0.5) is 5.69 Å². The van der Waals surface area contributed by atoms with Crippen LogP contribution in [0.3, 0.4) is 0 Å². The van der Waals surface area contributed by atoms with E-state index in [1.807, 2.05) is 36.4 Å². The Bertz CT molecular complexity index is 734. The number of nitrogens with zero attached hydrogens (tertiary/aromatic N) is 1. The van der Waals surface area contributed by atoms with Crippen molar-refractivity contribution in [3.8, 4) is 16.3 Å². The maximum Gasteiger partial charge on any atom is 0.124 e. The second-order valence-corrected chi connectivity index (χ2v) is 6.07. The molecule has 0 bridgehead atoms. The van der Waals surface area contributed by atoms with Gasteiger partial charge in [-0.3, -0.25) is 0 Å². The van der Waals surface area contributed by atoms with E-state index in [4.69, 9.17) is 10.5 Å². The monoisotopic (exact) mass is 334 g/mol. The molecule has 0 amide bonds. The fourth-order valence-corrected chi connectivity index (χ4v) is 3.38. The van der Waals surface area contributed by atoms with E-state index in [1.165, 1.54) is 0 Å². The molecule has 3 nitrogen and oxygen atoms in total. The van der Waals surface area contributed by atoms with Crippen molar-refractivity contribution in [2.45, 2.75) is 0 Å². The zero-order valence-corrected chi connectivity index (χ0v) is 12.6. The minimum Gasteiger partial charge on any atom is -0.497 e. The fourth-order valence-electron chi connectivity index (χ4n) is 1.89. The number of fused-ring (bicyclic) bond motifs is 1. The maximum absolute atomic E-state index is 5.86. The molecular weight excluding hydrogens is 324 g/mol. The number of methoxy groups -OCH3 is 1. The lowest BCUT2D eigenvalue weighted by Gasteiger charge is -1.99. The number of benzene rings is 2. The summed E-state index contributed by atoms with van der Waals surface area (Å²) in [6, 6.07) is 11.7. The van der Waals surface area contributed by atoms with Gasteiger partial charge in [-0.05, 0) is 36.4 Å². The summed E-state index contributed by atoms with van der Waals surface area (Å²) in [5.41, 5.74) is 8.58. The summed E-state index contributed by atoms with van der Waals surface area (Å²) in [6.45, 7) is 0. The molecule has 0 unspecified atom stereocenters.